The second kappa shape index (κ2) is 7.91. The number of benzene rings is 1. The van der Waals surface area contributed by atoms with Crippen LogP contribution in [0, 0.1) is 20.8 Å². The number of aromatic nitrogens is 2. The number of amides is 1. The van der Waals surface area contributed by atoms with Gasteiger partial charge in [-0.15, -0.1) is 0 Å². The highest BCUT2D eigenvalue weighted by Crippen LogP contribution is 2.26. The van der Waals surface area contributed by atoms with Gasteiger partial charge in [-0.1, -0.05) is 17.7 Å². The van der Waals surface area contributed by atoms with Gasteiger partial charge in [0.2, 0.25) is 5.95 Å². The lowest BCUT2D eigenvalue weighted by molar-refractivity contribution is -0.118. The molecular formula is C19H23ClN4O2. The first-order valence-electron chi connectivity index (χ1n) is 8.73. The molecule has 2 aromatic rings. The lowest BCUT2D eigenvalue weighted by Gasteiger charge is -2.18. The van der Waals surface area contributed by atoms with E-state index in [1.807, 2.05) is 26.8 Å². The molecule has 1 saturated heterocycles. The monoisotopic (exact) mass is 374 g/mol. The van der Waals surface area contributed by atoms with Crippen LogP contribution < -0.4 is 15.0 Å². The third kappa shape index (κ3) is 4.25. The molecule has 26 heavy (non-hydrogen) atoms. The van der Waals surface area contributed by atoms with Gasteiger partial charge in [-0.2, -0.15) is 0 Å². The first-order chi connectivity index (χ1) is 12.4. The van der Waals surface area contributed by atoms with Crippen LogP contribution >= 0.6 is 11.6 Å². The largest absolute Gasteiger partial charge is 0.482 e. The second-order valence-corrected chi connectivity index (χ2v) is 6.94. The zero-order chi connectivity index (χ0) is 18.7. The van der Waals surface area contributed by atoms with Gasteiger partial charge in [0, 0.05) is 13.1 Å². The Balaban J connectivity index is 1.65. The average molecular weight is 375 g/mol. The summed E-state index contributed by atoms with van der Waals surface area (Å²) in [6, 6.07) is 5.45. The summed E-state index contributed by atoms with van der Waals surface area (Å²) in [5.74, 6) is 0.949. The van der Waals surface area contributed by atoms with E-state index in [4.69, 9.17) is 16.3 Å². The van der Waals surface area contributed by atoms with E-state index in [2.05, 4.69) is 20.2 Å². The topological polar surface area (TPSA) is 67.3 Å². The van der Waals surface area contributed by atoms with Gasteiger partial charge in [-0.05, 0) is 51.3 Å². The van der Waals surface area contributed by atoms with Gasteiger partial charge in [0.25, 0.3) is 5.91 Å². The van der Waals surface area contributed by atoms with Crippen LogP contribution in [0.15, 0.2) is 18.2 Å². The number of ether oxygens (including phenoxy) is 1. The first-order valence-corrected chi connectivity index (χ1v) is 9.11. The number of anilines is 2. The summed E-state index contributed by atoms with van der Waals surface area (Å²) in [5.41, 5.74) is 3.17. The molecule has 0 aliphatic carbocycles. The molecule has 1 aromatic carbocycles. The van der Waals surface area contributed by atoms with Crippen LogP contribution in [-0.2, 0) is 4.79 Å². The van der Waals surface area contributed by atoms with Crippen molar-refractivity contribution in [3.63, 3.8) is 0 Å². The molecule has 0 spiro atoms. The van der Waals surface area contributed by atoms with Crippen molar-refractivity contribution in [2.24, 2.45) is 0 Å². The number of rotatable bonds is 5. The van der Waals surface area contributed by atoms with E-state index in [-0.39, 0.29) is 12.5 Å². The highest BCUT2D eigenvalue weighted by atomic mass is 35.5. The normalized spacial score (nSPS) is 13.8. The Morgan fingerprint density at radius 1 is 1.19 bits per heavy atom. The summed E-state index contributed by atoms with van der Waals surface area (Å²) in [6.45, 7) is 7.53. The molecule has 1 aromatic heterocycles. The van der Waals surface area contributed by atoms with E-state index in [1.165, 1.54) is 12.8 Å². The maximum atomic E-state index is 12.3. The Labute approximate surface area is 158 Å². The minimum absolute atomic E-state index is 0.129. The van der Waals surface area contributed by atoms with E-state index >= 15 is 0 Å². The van der Waals surface area contributed by atoms with Crippen LogP contribution in [0.25, 0.3) is 0 Å². The zero-order valence-electron chi connectivity index (χ0n) is 15.3. The van der Waals surface area contributed by atoms with Gasteiger partial charge in [0.1, 0.15) is 5.75 Å². The van der Waals surface area contributed by atoms with E-state index in [9.17, 15) is 4.79 Å². The minimum atomic E-state index is -0.273. The molecule has 1 amide bonds. The molecule has 1 fully saturated rings. The molecule has 3 rings (SSSR count). The molecular weight excluding hydrogens is 352 g/mol. The van der Waals surface area contributed by atoms with Crippen molar-refractivity contribution in [3.8, 4) is 5.75 Å². The van der Waals surface area contributed by atoms with Crippen molar-refractivity contribution in [1.82, 2.24) is 9.97 Å². The van der Waals surface area contributed by atoms with Crippen molar-refractivity contribution >= 4 is 29.1 Å². The smallest absolute Gasteiger partial charge is 0.262 e. The summed E-state index contributed by atoms with van der Waals surface area (Å²) >= 11 is 6.12. The van der Waals surface area contributed by atoms with Gasteiger partial charge in [0.15, 0.2) is 6.61 Å². The third-order valence-corrected chi connectivity index (χ3v) is 4.65. The van der Waals surface area contributed by atoms with Crippen molar-refractivity contribution in [3.05, 3.63) is 40.2 Å². The van der Waals surface area contributed by atoms with Crippen LogP contribution in [0.1, 0.15) is 29.8 Å². The number of nitrogens with zero attached hydrogens (tertiary/aromatic N) is 3. The Morgan fingerprint density at radius 2 is 1.85 bits per heavy atom. The minimum Gasteiger partial charge on any atom is -0.482 e. The summed E-state index contributed by atoms with van der Waals surface area (Å²) in [7, 11) is 0. The molecule has 6 nitrogen and oxygen atoms in total. The highest BCUT2D eigenvalue weighted by molar-refractivity contribution is 6.32. The molecule has 0 saturated carbocycles. The van der Waals surface area contributed by atoms with Crippen molar-refractivity contribution in [1.29, 1.82) is 0 Å². The fourth-order valence-electron chi connectivity index (χ4n) is 2.98. The first kappa shape index (κ1) is 18.5. The molecule has 0 radical (unpaired) electrons. The lowest BCUT2D eigenvalue weighted by Crippen LogP contribution is -2.24. The Kier molecular flexibility index (Phi) is 5.61. The molecule has 0 bridgehead atoms. The quantitative estimate of drug-likeness (QED) is 0.864. The van der Waals surface area contributed by atoms with Gasteiger partial charge < -0.3 is 15.0 Å². The van der Waals surface area contributed by atoms with Gasteiger partial charge >= 0.3 is 0 Å². The molecule has 1 aliphatic rings. The van der Waals surface area contributed by atoms with E-state index in [0.717, 1.165) is 36.0 Å². The van der Waals surface area contributed by atoms with Gasteiger partial charge in [0.05, 0.1) is 22.1 Å². The molecule has 138 valence electrons. The Bertz CT molecular complexity index is 796. The lowest BCUT2D eigenvalue weighted by atomic mass is 10.2. The van der Waals surface area contributed by atoms with E-state index in [0.29, 0.717) is 16.5 Å². The molecule has 1 aliphatic heterocycles. The van der Waals surface area contributed by atoms with Crippen molar-refractivity contribution < 1.29 is 9.53 Å². The number of nitrogens with one attached hydrogen (secondary N) is 1. The second-order valence-electron chi connectivity index (χ2n) is 6.53. The number of halogens is 1. The fraction of sp³-hybridized carbons (Fsp3) is 0.421. The summed E-state index contributed by atoms with van der Waals surface area (Å²) < 4.78 is 5.52. The molecule has 7 heteroatoms. The highest BCUT2D eigenvalue weighted by Gasteiger charge is 2.18. The number of hydrogen-bond acceptors (Lipinski definition) is 5. The van der Waals surface area contributed by atoms with Crippen LogP contribution in [0.5, 0.6) is 5.75 Å². The van der Waals surface area contributed by atoms with Crippen LogP contribution in [0.4, 0.5) is 11.6 Å². The molecule has 2 heterocycles. The Morgan fingerprint density at radius 3 is 2.46 bits per heavy atom. The summed E-state index contributed by atoms with van der Waals surface area (Å²) in [4.78, 5) is 23.5. The fourth-order valence-corrected chi connectivity index (χ4v) is 3.27. The number of aryl methyl sites for hydroxylation is 3. The number of hydrogen-bond donors (Lipinski definition) is 1. The van der Waals surface area contributed by atoms with E-state index < -0.39 is 0 Å². The summed E-state index contributed by atoms with van der Waals surface area (Å²) in [6.07, 6.45) is 2.33. The van der Waals surface area contributed by atoms with E-state index in [1.54, 1.807) is 12.1 Å². The molecule has 0 unspecified atom stereocenters. The van der Waals surface area contributed by atoms with Gasteiger partial charge in [-0.3, -0.25) is 4.79 Å². The number of carbonyl (C=O) groups excluding carboxylic acids is 1. The molecule has 1 N–H and O–H groups in total. The predicted octanol–water partition coefficient (Wildman–Crippen LogP) is 3.67. The third-order valence-electron chi connectivity index (χ3n) is 4.36. The zero-order valence-corrected chi connectivity index (χ0v) is 16.1. The van der Waals surface area contributed by atoms with Crippen molar-refractivity contribution in [2.45, 2.75) is 33.6 Å². The Hall–Kier alpha value is -2.34. The predicted molar refractivity (Wildman–Crippen MR) is 103 cm³/mol. The van der Waals surface area contributed by atoms with Crippen LogP contribution in [0.3, 0.4) is 0 Å². The standard InChI is InChI=1S/C19H23ClN4O2/c1-12-6-7-16(15(20)10-12)26-11-17(25)23-18-13(2)21-19(22-14(18)3)24-8-4-5-9-24/h6-7,10H,4-5,8-9,11H2,1-3H3,(H,23,25). The average Bonchev–Trinajstić information content (AvgIpc) is 3.12. The molecule has 0 atom stereocenters. The maximum Gasteiger partial charge on any atom is 0.262 e. The van der Waals surface area contributed by atoms with Crippen LogP contribution in [-0.4, -0.2) is 35.6 Å². The SMILES string of the molecule is Cc1ccc(OCC(=O)Nc2c(C)nc(N3CCCC3)nc2C)c(Cl)c1. The number of carbonyl (C=O) groups is 1. The maximum absolute atomic E-state index is 12.3. The summed E-state index contributed by atoms with van der Waals surface area (Å²) in [5, 5.41) is 3.34. The van der Waals surface area contributed by atoms with Gasteiger partial charge in [-0.25, -0.2) is 9.97 Å². The van der Waals surface area contributed by atoms with Crippen LogP contribution in [0.2, 0.25) is 5.02 Å². The van der Waals surface area contributed by atoms with Crippen molar-refractivity contribution in [2.75, 3.05) is 29.9 Å².